The van der Waals surface area contributed by atoms with Crippen molar-refractivity contribution in [1.29, 1.82) is 0 Å². The molecule has 0 spiro atoms. The standard InChI is InChI=1S/C15H21NO3/c1-15(2,3)10-13(17)16-9-8-11-6-4-5-7-12(11)14(18)19/h4-7H,8-10H2,1-3H3,(H,16,17)(H,18,19). The van der Waals surface area contributed by atoms with E-state index in [0.29, 0.717) is 24.9 Å². The van der Waals surface area contributed by atoms with Crippen LogP contribution in [0.5, 0.6) is 0 Å². The SMILES string of the molecule is CC(C)(C)CC(=O)NCCc1ccccc1C(=O)O. The van der Waals surface area contributed by atoms with E-state index in [4.69, 9.17) is 5.11 Å². The Hall–Kier alpha value is -1.84. The lowest BCUT2D eigenvalue weighted by atomic mass is 9.92. The van der Waals surface area contributed by atoms with Crippen LogP contribution in [0.1, 0.15) is 43.1 Å². The van der Waals surface area contributed by atoms with E-state index >= 15 is 0 Å². The van der Waals surface area contributed by atoms with Gasteiger partial charge in [0, 0.05) is 13.0 Å². The molecule has 0 atom stereocenters. The summed E-state index contributed by atoms with van der Waals surface area (Å²) >= 11 is 0. The van der Waals surface area contributed by atoms with Crippen molar-refractivity contribution in [2.45, 2.75) is 33.6 Å². The zero-order chi connectivity index (χ0) is 14.5. The van der Waals surface area contributed by atoms with Crippen molar-refractivity contribution in [3.63, 3.8) is 0 Å². The van der Waals surface area contributed by atoms with Gasteiger partial charge in [0.1, 0.15) is 0 Å². The third-order valence-electron chi connectivity index (χ3n) is 2.66. The molecule has 0 fully saturated rings. The number of aromatic carboxylic acids is 1. The monoisotopic (exact) mass is 263 g/mol. The van der Waals surface area contributed by atoms with E-state index in [1.165, 1.54) is 0 Å². The number of carboxylic acid groups (broad SMARTS) is 1. The molecule has 104 valence electrons. The van der Waals surface area contributed by atoms with Gasteiger partial charge in [0.05, 0.1) is 5.56 Å². The molecular formula is C15H21NO3. The molecule has 0 aliphatic carbocycles. The Bertz CT molecular complexity index is 461. The molecule has 1 aromatic rings. The molecule has 1 aromatic carbocycles. The number of nitrogens with one attached hydrogen (secondary N) is 1. The molecule has 0 aliphatic heterocycles. The second kappa shape index (κ2) is 6.36. The average molecular weight is 263 g/mol. The van der Waals surface area contributed by atoms with Gasteiger partial charge in [0.15, 0.2) is 0 Å². The highest BCUT2D eigenvalue weighted by molar-refractivity contribution is 5.89. The second-order valence-corrected chi connectivity index (χ2v) is 5.80. The maximum absolute atomic E-state index is 11.6. The summed E-state index contributed by atoms with van der Waals surface area (Å²) in [5.41, 5.74) is 1.00. The van der Waals surface area contributed by atoms with Gasteiger partial charge in [0.25, 0.3) is 0 Å². The van der Waals surface area contributed by atoms with E-state index in [9.17, 15) is 9.59 Å². The zero-order valence-electron chi connectivity index (χ0n) is 11.7. The van der Waals surface area contributed by atoms with Crippen LogP contribution in [0.25, 0.3) is 0 Å². The molecule has 0 saturated carbocycles. The fourth-order valence-electron chi connectivity index (χ4n) is 1.83. The Morgan fingerprint density at radius 1 is 1.21 bits per heavy atom. The fourth-order valence-corrected chi connectivity index (χ4v) is 1.83. The maximum Gasteiger partial charge on any atom is 0.335 e. The van der Waals surface area contributed by atoms with E-state index in [-0.39, 0.29) is 11.3 Å². The van der Waals surface area contributed by atoms with Crippen LogP contribution in [-0.2, 0) is 11.2 Å². The zero-order valence-corrected chi connectivity index (χ0v) is 11.7. The van der Waals surface area contributed by atoms with Crippen LogP contribution < -0.4 is 5.32 Å². The van der Waals surface area contributed by atoms with Crippen molar-refractivity contribution < 1.29 is 14.7 Å². The molecule has 0 aliphatic rings. The highest BCUT2D eigenvalue weighted by Gasteiger charge is 2.15. The number of carbonyl (C=O) groups excluding carboxylic acids is 1. The van der Waals surface area contributed by atoms with Gasteiger partial charge in [0.2, 0.25) is 5.91 Å². The first-order valence-electron chi connectivity index (χ1n) is 6.37. The van der Waals surface area contributed by atoms with Gasteiger partial charge in [-0.25, -0.2) is 4.79 Å². The van der Waals surface area contributed by atoms with Gasteiger partial charge < -0.3 is 10.4 Å². The number of amides is 1. The summed E-state index contributed by atoms with van der Waals surface area (Å²) in [5, 5.41) is 11.9. The highest BCUT2D eigenvalue weighted by Crippen LogP contribution is 2.17. The number of carbonyl (C=O) groups is 2. The third kappa shape index (κ3) is 5.55. The average Bonchev–Trinajstić information content (AvgIpc) is 2.27. The van der Waals surface area contributed by atoms with Crippen LogP contribution in [0, 0.1) is 5.41 Å². The van der Waals surface area contributed by atoms with Gasteiger partial charge in [-0.15, -0.1) is 0 Å². The molecule has 0 unspecified atom stereocenters. The maximum atomic E-state index is 11.6. The lowest BCUT2D eigenvalue weighted by molar-refractivity contribution is -0.122. The van der Waals surface area contributed by atoms with E-state index in [1.54, 1.807) is 24.3 Å². The van der Waals surface area contributed by atoms with Crippen molar-refractivity contribution in [2.75, 3.05) is 6.54 Å². The molecule has 1 amide bonds. The van der Waals surface area contributed by atoms with E-state index < -0.39 is 5.97 Å². The number of benzene rings is 1. The summed E-state index contributed by atoms with van der Waals surface area (Å²) in [7, 11) is 0. The predicted molar refractivity (Wildman–Crippen MR) is 74.2 cm³/mol. The molecule has 19 heavy (non-hydrogen) atoms. The molecular weight excluding hydrogens is 242 g/mol. The number of rotatable bonds is 5. The molecule has 0 radical (unpaired) electrons. The van der Waals surface area contributed by atoms with Crippen LogP contribution >= 0.6 is 0 Å². The molecule has 4 heteroatoms. The van der Waals surface area contributed by atoms with E-state index in [0.717, 1.165) is 5.56 Å². The lowest BCUT2D eigenvalue weighted by Gasteiger charge is -2.17. The van der Waals surface area contributed by atoms with Crippen molar-refractivity contribution in [3.05, 3.63) is 35.4 Å². The Balaban J connectivity index is 2.50. The molecule has 0 heterocycles. The second-order valence-electron chi connectivity index (χ2n) is 5.80. The van der Waals surface area contributed by atoms with Crippen LogP contribution in [0.15, 0.2) is 24.3 Å². The fraction of sp³-hybridized carbons (Fsp3) is 0.467. The molecule has 0 bridgehead atoms. The highest BCUT2D eigenvalue weighted by atomic mass is 16.4. The molecule has 0 saturated heterocycles. The normalized spacial score (nSPS) is 11.1. The topological polar surface area (TPSA) is 66.4 Å². The molecule has 0 aromatic heterocycles. The summed E-state index contributed by atoms with van der Waals surface area (Å²) in [6, 6.07) is 6.86. The summed E-state index contributed by atoms with van der Waals surface area (Å²) in [6.45, 7) is 6.48. The quantitative estimate of drug-likeness (QED) is 0.857. The van der Waals surface area contributed by atoms with Crippen LogP contribution in [0.2, 0.25) is 0 Å². The Labute approximate surface area is 113 Å². The largest absolute Gasteiger partial charge is 0.478 e. The summed E-state index contributed by atoms with van der Waals surface area (Å²) in [4.78, 5) is 22.7. The van der Waals surface area contributed by atoms with E-state index in [2.05, 4.69) is 5.32 Å². The smallest absolute Gasteiger partial charge is 0.335 e. The lowest BCUT2D eigenvalue weighted by Crippen LogP contribution is -2.29. The van der Waals surface area contributed by atoms with Crippen molar-refractivity contribution in [2.24, 2.45) is 5.41 Å². The first-order chi connectivity index (χ1) is 8.79. The molecule has 4 nitrogen and oxygen atoms in total. The number of hydrogen-bond donors (Lipinski definition) is 2. The van der Waals surface area contributed by atoms with Gasteiger partial charge in [-0.2, -0.15) is 0 Å². The summed E-state index contributed by atoms with van der Waals surface area (Å²) < 4.78 is 0. The van der Waals surface area contributed by atoms with E-state index in [1.807, 2.05) is 20.8 Å². The summed E-state index contributed by atoms with van der Waals surface area (Å²) in [6.07, 6.45) is 0.992. The number of carboxylic acids is 1. The Morgan fingerprint density at radius 3 is 2.42 bits per heavy atom. The third-order valence-corrected chi connectivity index (χ3v) is 2.66. The van der Waals surface area contributed by atoms with Crippen molar-refractivity contribution >= 4 is 11.9 Å². The molecule has 2 N–H and O–H groups in total. The van der Waals surface area contributed by atoms with Gasteiger partial charge in [-0.3, -0.25) is 4.79 Å². The minimum atomic E-state index is -0.934. The van der Waals surface area contributed by atoms with Gasteiger partial charge in [-0.1, -0.05) is 39.0 Å². The van der Waals surface area contributed by atoms with Gasteiger partial charge in [-0.05, 0) is 23.5 Å². The summed E-state index contributed by atoms with van der Waals surface area (Å²) in [5.74, 6) is -0.933. The predicted octanol–water partition coefficient (Wildman–Crippen LogP) is 2.48. The van der Waals surface area contributed by atoms with Crippen LogP contribution in [0.4, 0.5) is 0 Å². The van der Waals surface area contributed by atoms with Crippen LogP contribution in [0.3, 0.4) is 0 Å². The Morgan fingerprint density at radius 2 is 1.84 bits per heavy atom. The molecule has 1 rings (SSSR count). The Kier molecular flexibility index (Phi) is 5.10. The number of hydrogen-bond acceptors (Lipinski definition) is 2. The minimum Gasteiger partial charge on any atom is -0.478 e. The van der Waals surface area contributed by atoms with Crippen molar-refractivity contribution in [3.8, 4) is 0 Å². The van der Waals surface area contributed by atoms with Crippen LogP contribution in [-0.4, -0.2) is 23.5 Å². The van der Waals surface area contributed by atoms with Crippen molar-refractivity contribution in [1.82, 2.24) is 5.32 Å². The minimum absolute atomic E-state index is 0.000283. The first-order valence-corrected chi connectivity index (χ1v) is 6.37. The van der Waals surface area contributed by atoms with Gasteiger partial charge >= 0.3 is 5.97 Å². The first kappa shape index (κ1) is 15.2.